The summed E-state index contributed by atoms with van der Waals surface area (Å²) in [7, 11) is 0. The maximum absolute atomic E-state index is 13.5. The Morgan fingerprint density at radius 1 is 0.721 bits per heavy atom. The molecule has 14 heteroatoms. The molecule has 4 atom stereocenters. The summed E-state index contributed by atoms with van der Waals surface area (Å²) in [5, 5.41) is 36.0. The van der Waals surface area contributed by atoms with Crippen LogP contribution in [-0.2, 0) is 41.6 Å². The maximum Gasteiger partial charge on any atom is 0.326 e. The maximum atomic E-state index is 13.5. The first-order chi connectivity index (χ1) is 20.4. The Labute approximate surface area is 245 Å². The largest absolute Gasteiger partial charge is 0.481 e. The quantitative estimate of drug-likeness (QED) is 0.111. The predicted molar refractivity (Wildman–Crippen MR) is 153 cm³/mol. The molecule has 3 amide bonds. The van der Waals surface area contributed by atoms with Crippen molar-refractivity contribution in [1.29, 1.82) is 0 Å². The van der Waals surface area contributed by atoms with Crippen LogP contribution in [0.5, 0.6) is 0 Å². The topological polar surface area (TPSA) is 241 Å². The van der Waals surface area contributed by atoms with Gasteiger partial charge in [-0.3, -0.25) is 24.0 Å². The van der Waals surface area contributed by atoms with Crippen molar-refractivity contribution in [3.05, 3.63) is 71.9 Å². The molecule has 0 aliphatic carbocycles. The summed E-state index contributed by atoms with van der Waals surface area (Å²) in [6.07, 6.45) is -0.115. The van der Waals surface area contributed by atoms with Gasteiger partial charge in [0.2, 0.25) is 17.7 Å². The van der Waals surface area contributed by atoms with Crippen molar-refractivity contribution >= 4 is 46.5 Å². The first-order valence-corrected chi connectivity index (χ1v) is 13.4. The number of carbonyl (C=O) groups excluding carboxylic acids is 3. The first kappa shape index (κ1) is 32.3. The molecule has 43 heavy (non-hydrogen) atoms. The molecule has 1 aromatic heterocycles. The number of aliphatic carboxylic acids is 3. The Kier molecular flexibility index (Phi) is 11.3. The number of hydrogen-bond acceptors (Lipinski definition) is 7. The standard InChI is InChI=1S/C29H33N5O9/c30-19(14-25(37)38)26(39)32-21(10-11-24(35)36)27(40)33-22(12-16-6-2-1-3-7-16)28(41)34-23(29(42)43)13-17-15-31-20-9-5-4-8-18(17)20/h1-9,15,19,21-23,31H,10-14,30H2,(H,32,39)(H,33,40)(H,34,41)(H,35,36)(H,37,38)(H,42,43). The van der Waals surface area contributed by atoms with E-state index in [4.69, 9.17) is 15.9 Å². The summed E-state index contributed by atoms with van der Waals surface area (Å²) in [5.74, 6) is -6.67. The van der Waals surface area contributed by atoms with Gasteiger partial charge in [0.25, 0.3) is 0 Å². The molecule has 9 N–H and O–H groups in total. The third-order valence-corrected chi connectivity index (χ3v) is 6.64. The molecule has 0 fully saturated rings. The van der Waals surface area contributed by atoms with Crippen molar-refractivity contribution in [1.82, 2.24) is 20.9 Å². The number of carboxylic acid groups (broad SMARTS) is 3. The smallest absolute Gasteiger partial charge is 0.326 e. The fourth-order valence-electron chi connectivity index (χ4n) is 4.42. The molecule has 4 unspecified atom stereocenters. The molecule has 0 saturated heterocycles. The van der Waals surface area contributed by atoms with Gasteiger partial charge in [-0.2, -0.15) is 0 Å². The zero-order chi connectivity index (χ0) is 31.5. The molecular weight excluding hydrogens is 562 g/mol. The minimum atomic E-state index is -1.51. The number of amides is 3. The van der Waals surface area contributed by atoms with Crippen LogP contribution in [0.15, 0.2) is 60.8 Å². The predicted octanol–water partition coefficient (Wildman–Crippen LogP) is 0.159. The number of nitrogens with two attached hydrogens (primary N) is 1. The third kappa shape index (κ3) is 9.67. The average Bonchev–Trinajstić information content (AvgIpc) is 3.37. The normalized spacial score (nSPS) is 13.7. The van der Waals surface area contributed by atoms with E-state index < -0.39 is 72.6 Å². The monoisotopic (exact) mass is 595 g/mol. The van der Waals surface area contributed by atoms with Gasteiger partial charge in [0.1, 0.15) is 18.1 Å². The van der Waals surface area contributed by atoms with Crippen molar-refractivity contribution in [3.63, 3.8) is 0 Å². The highest BCUT2D eigenvalue weighted by atomic mass is 16.4. The Hall–Kier alpha value is -5.24. The lowest BCUT2D eigenvalue weighted by Crippen LogP contribution is -2.58. The Bertz CT molecular complexity index is 1470. The number of rotatable bonds is 16. The number of hydrogen-bond donors (Lipinski definition) is 8. The van der Waals surface area contributed by atoms with Gasteiger partial charge in [0.15, 0.2) is 0 Å². The molecule has 3 aromatic rings. The molecule has 0 saturated carbocycles. The summed E-state index contributed by atoms with van der Waals surface area (Å²) in [6.45, 7) is 0. The highest BCUT2D eigenvalue weighted by Crippen LogP contribution is 2.19. The lowest BCUT2D eigenvalue weighted by molar-refractivity contribution is -0.142. The van der Waals surface area contributed by atoms with Crippen molar-refractivity contribution in [2.45, 2.75) is 56.3 Å². The summed E-state index contributed by atoms with van der Waals surface area (Å²) < 4.78 is 0. The number of fused-ring (bicyclic) bond motifs is 1. The van der Waals surface area contributed by atoms with Gasteiger partial charge in [-0.15, -0.1) is 0 Å². The van der Waals surface area contributed by atoms with Crippen LogP contribution in [-0.4, -0.2) is 80.1 Å². The van der Waals surface area contributed by atoms with E-state index in [9.17, 15) is 33.9 Å². The van der Waals surface area contributed by atoms with Gasteiger partial charge in [0, 0.05) is 36.4 Å². The highest BCUT2D eigenvalue weighted by molar-refractivity contribution is 5.95. The molecule has 3 rings (SSSR count). The van der Waals surface area contributed by atoms with Crippen LogP contribution in [0.2, 0.25) is 0 Å². The molecule has 1 heterocycles. The fourth-order valence-corrected chi connectivity index (χ4v) is 4.42. The fraction of sp³-hybridized carbons (Fsp3) is 0.310. The lowest BCUT2D eigenvalue weighted by Gasteiger charge is -2.25. The molecule has 0 aliphatic rings. The van der Waals surface area contributed by atoms with E-state index in [0.717, 1.165) is 10.9 Å². The lowest BCUT2D eigenvalue weighted by atomic mass is 10.0. The molecule has 0 radical (unpaired) electrons. The van der Waals surface area contributed by atoms with Gasteiger partial charge in [0.05, 0.1) is 12.5 Å². The van der Waals surface area contributed by atoms with Gasteiger partial charge in [-0.05, 0) is 23.6 Å². The second kappa shape index (κ2) is 15.1. The second-order valence-electron chi connectivity index (χ2n) is 9.91. The number of aromatic amines is 1. The number of benzene rings is 2. The number of aromatic nitrogens is 1. The van der Waals surface area contributed by atoms with Crippen molar-refractivity contribution in [2.24, 2.45) is 5.73 Å². The van der Waals surface area contributed by atoms with Gasteiger partial charge in [-0.25, -0.2) is 4.79 Å². The molecule has 228 valence electrons. The Balaban J connectivity index is 1.82. The second-order valence-corrected chi connectivity index (χ2v) is 9.91. The SMILES string of the molecule is NC(CC(=O)O)C(=O)NC(CCC(=O)O)C(=O)NC(Cc1ccccc1)C(=O)NC(Cc1c[nH]c2ccccc12)C(=O)O. The van der Waals surface area contributed by atoms with Gasteiger partial charge < -0.3 is 42.0 Å². The van der Waals surface area contributed by atoms with E-state index in [1.165, 1.54) is 0 Å². The summed E-state index contributed by atoms with van der Waals surface area (Å²) in [4.78, 5) is 76.5. The summed E-state index contributed by atoms with van der Waals surface area (Å²) in [6, 6.07) is 10.1. The number of carbonyl (C=O) groups is 6. The average molecular weight is 596 g/mol. The number of H-pyrrole nitrogens is 1. The van der Waals surface area contributed by atoms with E-state index in [0.29, 0.717) is 11.1 Å². The molecule has 2 aromatic carbocycles. The van der Waals surface area contributed by atoms with Crippen LogP contribution < -0.4 is 21.7 Å². The van der Waals surface area contributed by atoms with Crippen LogP contribution in [0.25, 0.3) is 10.9 Å². The minimum absolute atomic E-state index is 0.0596. The van der Waals surface area contributed by atoms with E-state index >= 15 is 0 Å². The summed E-state index contributed by atoms with van der Waals surface area (Å²) >= 11 is 0. The number of carboxylic acids is 3. The van der Waals surface area contributed by atoms with Gasteiger partial charge >= 0.3 is 17.9 Å². The highest BCUT2D eigenvalue weighted by Gasteiger charge is 2.31. The van der Waals surface area contributed by atoms with E-state index in [1.54, 1.807) is 42.6 Å². The zero-order valence-electron chi connectivity index (χ0n) is 23.0. The van der Waals surface area contributed by atoms with Crippen molar-refractivity contribution in [3.8, 4) is 0 Å². The molecule has 0 aliphatic heterocycles. The third-order valence-electron chi connectivity index (χ3n) is 6.64. The molecular formula is C29H33N5O9. The van der Waals surface area contributed by atoms with Crippen molar-refractivity contribution in [2.75, 3.05) is 0 Å². The number of nitrogens with one attached hydrogen (secondary N) is 4. The van der Waals surface area contributed by atoms with E-state index in [-0.39, 0.29) is 19.3 Å². The van der Waals surface area contributed by atoms with Crippen LogP contribution in [0.1, 0.15) is 30.4 Å². The van der Waals surface area contributed by atoms with Crippen LogP contribution in [0, 0.1) is 0 Å². The minimum Gasteiger partial charge on any atom is -0.481 e. The molecule has 0 bridgehead atoms. The van der Waals surface area contributed by atoms with Crippen LogP contribution in [0.3, 0.4) is 0 Å². The molecule has 14 nitrogen and oxygen atoms in total. The van der Waals surface area contributed by atoms with Crippen molar-refractivity contribution < 1.29 is 44.1 Å². The van der Waals surface area contributed by atoms with Crippen LogP contribution in [0.4, 0.5) is 0 Å². The Morgan fingerprint density at radius 3 is 1.98 bits per heavy atom. The first-order valence-electron chi connectivity index (χ1n) is 13.4. The van der Waals surface area contributed by atoms with Gasteiger partial charge in [-0.1, -0.05) is 48.5 Å². The number of para-hydroxylation sites is 1. The molecule has 0 spiro atoms. The van der Waals surface area contributed by atoms with E-state index in [2.05, 4.69) is 20.9 Å². The van der Waals surface area contributed by atoms with E-state index in [1.807, 2.05) is 18.2 Å². The zero-order valence-corrected chi connectivity index (χ0v) is 23.0. The Morgan fingerprint density at radius 2 is 1.33 bits per heavy atom. The van der Waals surface area contributed by atoms with Crippen LogP contribution >= 0.6 is 0 Å². The summed E-state index contributed by atoms with van der Waals surface area (Å²) in [5.41, 5.74) is 7.66.